The normalized spacial score (nSPS) is 10.9. The first kappa shape index (κ1) is 28.9. The van der Waals surface area contributed by atoms with Gasteiger partial charge < -0.3 is 10.1 Å². The number of rotatable bonds is 9. The quantitative estimate of drug-likeness (QED) is 0.201. The Bertz CT molecular complexity index is 1630. The van der Waals surface area contributed by atoms with Gasteiger partial charge in [0, 0.05) is 12.1 Å². The molecule has 0 spiro atoms. The standard InChI is InChI=1S/C30H28BN3O4S2/c1-20-8-14-27(21(2)18-20)34-40(36,37)25-12-10-24(11-13-25)32-30(39)33-29(35)26-19-23(31)9-15-28(26)38-17-16-22-6-4-3-5-7-22/h3-15,18-19,34H,16-17H2,1-2H3,(H2,32,33,35,39). The van der Waals surface area contributed by atoms with Gasteiger partial charge in [-0.3, -0.25) is 14.8 Å². The minimum Gasteiger partial charge on any atom is -0.492 e. The predicted molar refractivity (Wildman–Crippen MR) is 164 cm³/mol. The number of amides is 1. The molecular formula is C30H28BN3O4S2. The SMILES string of the molecule is [B]c1ccc(OCCc2ccccc2)c(C(=O)NC(=S)Nc2ccc(S(=O)(=O)Nc3ccc(C)cc3C)cc2)c1. The summed E-state index contributed by atoms with van der Waals surface area (Å²) in [5.41, 5.74) is 4.66. The summed E-state index contributed by atoms with van der Waals surface area (Å²) in [5, 5.41) is 5.56. The van der Waals surface area contributed by atoms with E-state index in [1.54, 1.807) is 30.3 Å². The highest BCUT2D eigenvalue weighted by Crippen LogP contribution is 2.22. The van der Waals surface area contributed by atoms with Crippen molar-refractivity contribution < 1.29 is 17.9 Å². The molecular weight excluding hydrogens is 541 g/mol. The van der Waals surface area contributed by atoms with Gasteiger partial charge in [-0.05, 0) is 73.6 Å². The molecule has 0 bridgehead atoms. The molecule has 0 aromatic heterocycles. The number of benzene rings is 4. The number of carbonyl (C=O) groups excluding carboxylic acids is 1. The zero-order valence-electron chi connectivity index (χ0n) is 22.1. The number of anilines is 2. The molecule has 0 atom stereocenters. The number of carbonyl (C=O) groups is 1. The molecule has 0 aliphatic rings. The third-order valence-electron chi connectivity index (χ3n) is 6.02. The van der Waals surface area contributed by atoms with Crippen LogP contribution in [0.15, 0.2) is 95.9 Å². The highest BCUT2D eigenvalue weighted by Gasteiger charge is 2.17. The van der Waals surface area contributed by atoms with E-state index >= 15 is 0 Å². The molecule has 202 valence electrons. The number of hydrogen-bond donors (Lipinski definition) is 3. The number of hydrogen-bond acceptors (Lipinski definition) is 5. The van der Waals surface area contributed by atoms with Gasteiger partial charge in [0.15, 0.2) is 5.11 Å². The summed E-state index contributed by atoms with van der Waals surface area (Å²) in [6.45, 7) is 4.17. The van der Waals surface area contributed by atoms with Gasteiger partial charge in [-0.25, -0.2) is 8.42 Å². The molecule has 0 saturated carbocycles. The van der Waals surface area contributed by atoms with Crippen LogP contribution in [-0.2, 0) is 16.4 Å². The molecule has 0 heterocycles. The van der Waals surface area contributed by atoms with Crippen molar-refractivity contribution in [1.82, 2.24) is 5.32 Å². The average molecular weight is 570 g/mol. The van der Waals surface area contributed by atoms with Crippen LogP contribution in [0.1, 0.15) is 27.0 Å². The van der Waals surface area contributed by atoms with Crippen LogP contribution in [0.25, 0.3) is 0 Å². The third kappa shape index (κ3) is 7.71. The van der Waals surface area contributed by atoms with Gasteiger partial charge in [-0.15, -0.1) is 0 Å². The summed E-state index contributed by atoms with van der Waals surface area (Å²) < 4.78 is 34.2. The second-order valence-electron chi connectivity index (χ2n) is 9.20. The fourth-order valence-electron chi connectivity index (χ4n) is 3.96. The molecule has 0 aliphatic carbocycles. The Morgan fingerprint density at radius 1 is 0.925 bits per heavy atom. The van der Waals surface area contributed by atoms with Crippen molar-refractivity contribution in [2.24, 2.45) is 0 Å². The Hall–Kier alpha value is -4.15. The first-order chi connectivity index (χ1) is 19.1. The smallest absolute Gasteiger partial charge is 0.261 e. The number of sulfonamides is 1. The lowest BCUT2D eigenvalue weighted by atomic mass is 9.94. The average Bonchev–Trinajstić information content (AvgIpc) is 2.92. The van der Waals surface area contributed by atoms with Crippen LogP contribution in [-0.4, -0.2) is 33.9 Å². The Kier molecular flexibility index (Phi) is 9.24. The summed E-state index contributed by atoms with van der Waals surface area (Å²) in [7, 11) is 2.12. The highest BCUT2D eigenvalue weighted by atomic mass is 32.2. The molecule has 3 N–H and O–H groups in total. The fourth-order valence-corrected chi connectivity index (χ4v) is 5.30. The first-order valence-corrected chi connectivity index (χ1v) is 14.4. The molecule has 4 aromatic carbocycles. The summed E-state index contributed by atoms with van der Waals surface area (Å²) in [4.78, 5) is 13.1. The zero-order valence-corrected chi connectivity index (χ0v) is 23.7. The Morgan fingerprint density at radius 2 is 1.65 bits per heavy atom. The van der Waals surface area contributed by atoms with Gasteiger partial charge >= 0.3 is 0 Å². The molecule has 1 amide bonds. The predicted octanol–water partition coefficient (Wildman–Crippen LogP) is 4.65. The monoisotopic (exact) mass is 569 g/mol. The lowest BCUT2D eigenvalue weighted by Gasteiger charge is -2.14. The lowest BCUT2D eigenvalue weighted by molar-refractivity contribution is 0.0974. The zero-order chi connectivity index (χ0) is 28.7. The molecule has 4 rings (SSSR count). The maximum Gasteiger partial charge on any atom is 0.261 e. The first-order valence-electron chi connectivity index (χ1n) is 12.5. The molecule has 2 radical (unpaired) electrons. The van der Waals surface area contributed by atoms with Crippen molar-refractivity contribution in [1.29, 1.82) is 0 Å². The van der Waals surface area contributed by atoms with E-state index in [9.17, 15) is 13.2 Å². The van der Waals surface area contributed by atoms with Crippen LogP contribution >= 0.6 is 12.2 Å². The van der Waals surface area contributed by atoms with E-state index < -0.39 is 15.9 Å². The summed E-state index contributed by atoms with van der Waals surface area (Å²) >= 11 is 5.31. The highest BCUT2D eigenvalue weighted by molar-refractivity contribution is 7.92. The summed E-state index contributed by atoms with van der Waals surface area (Å²) in [5.74, 6) is -0.104. The largest absolute Gasteiger partial charge is 0.492 e. The minimum absolute atomic E-state index is 0.0340. The Labute approximate surface area is 241 Å². The topological polar surface area (TPSA) is 96.5 Å². The molecule has 0 unspecified atom stereocenters. The van der Waals surface area contributed by atoms with E-state index in [0.29, 0.717) is 35.6 Å². The summed E-state index contributed by atoms with van der Waals surface area (Å²) in [6, 6.07) is 26.2. The number of aryl methyl sites for hydroxylation is 2. The van der Waals surface area contributed by atoms with E-state index in [0.717, 1.165) is 16.7 Å². The second-order valence-corrected chi connectivity index (χ2v) is 11.3. The van der Waals surface area contributed by atoms with E-state index in [1.165, 1.54) is 18.2 Å². The molecule has 10 heteroatoms. The molecule has 4 aromatic rings. The van der Waals surface area contributed by atoms with Crippen LogP contribution in [0.4, 0.5) is 11.4 Å². The van der Waals surface area contributed by atoms with Crippen molar-refractivity contribution in [3.8, 4) is 5.75 Å². The van der Waals surface area contributed by atoms with Crippen molar-refractivity contribution in [3.63, 3.8) is 0 Å². The van der Waals surface area contributed by atoms with Crippen molar-refractivity contribution in [3.05, 3.63) is 113 Å². The van der Waals surface area contributed by atoms with Crippen molar-refractivity contribution in [2.45, 2.75) is 25.2 Å². The molecule has 0 fully saturated rings. The number of ether oxygens (including phenoxy) is 1. The lowest BCUT2D eigenvalue weighted by Crippen LogP contribution is -2.34. The molecule has 7 nitrogen and oxygen atoms in total. The molecule has 0 saturated heterocycles. The van der Waals surface area contributed by atoms with E-state index in [4.69, 9.17) is 24.8 Å². The Balaban J connectivity index is 1.37. The van der Waals surface area contributed by atoms with E-state index in [-0.39, 0.29) is 15.6 Å². The van der Waals surface area contributed by atoms with Crippen molar-refractivity contribution >= 4 is 57.9 Å². The maximum absolute atomic E-state index is 13.0. The number of thiocarbonyl (C=S) groups is 1. The van der Waals surface area contributed by atoms with Gasteiger partial charge in [0.25, 0.3) is 15.9 Å². The maximum atomic E-state index is 13.0. The van der Waals surface area contributed by atoms with Crippen LogP contribution in [0.3, 0.4) is 0 Å². The van der Waals surface area contributed by atoms with Gasteiger partial charge in [0.1, 0.15) is 13.6 Å². The van der Waals surface area contributed by atoms with Crippen LogP contribution < -0.4 is 25.6 Å². The second kappa shape index (κ2) is 12.8. The van der Waals surface area contributed by atoms with Gasteiger partial charge in [-0.1, -0.05) is 65.6 Å². The van der Waals surface area contributed by atoms with E-state index in [2.05, 4.69) is 15.4 Å². The fraction of sp³-hybridized carbons (Fsp3) is 0.133. The van der Waals surface area contributed by atoms with Crippen LogP contribution in [0.2, 0.25) is 0 Å². The van der Waals surface area contributed by atoms with Crippen LogP contribution in [0, 0.1) is 13.8 Å². The van der Waals surface area contributed by atoms with Crippen LogP contribution in [0.5, 0.6) is 5.75 Å². The molecule has 40 heavy (non-hydrogen) atoms. The van der Waals surface area contributed by atoms with Gasteiger partial charge in [-0.2, -0.15) is 0 Å². The van der Waals surface area contributed by atoms with Crippen molar-refractivity contribution in [2.75, 3.05) is 16.6 Å². The van der Waals surface area contributed by atoms with Gasteiger partial charge in [0.05, 0.1) is 22.8 Å². The molecule has 0 aliphatic heterocycles. The minimum atomic E-state index is -3.79. The van der Waals surface area contributed by atoms with Gasteiger partial charge in [0.2, 0.25) is 0 Å². The third-order valence-corrected chi connectivity index (χ3v) is 7.60. The van der Waals surface area contributed by atoms with E-state index in [1.807, 2.05) is 56.3 Å². The number of nitrogens with one attached hydrogen (secondary N) is 3. The Morgan fingerprint density at radius 3 is 2.35 bits per heavy atom. The summed E-state index contributed by atoms with van der Waals surface area (Å²) in [6.07, 6.45) is 0.679.